The van der Waals surface area contributed by atoms with Gasteiger partial charge in [0.15, 0.2) is 17.5 Å². The minimum absolute atomic E-state index is 0. The van der Waals surface area contributed by atoms with Crippen LogP contribution in [0.1, 0.15) is 19.4 Å². The number of hydrogen-bond donors (Lipinski definition) is 2. The molecule has 2 aromatic carbocycles. The SMILES string of the molecule is CCNC(=NCc1ccccc1N1CCOCC1)Nc1ccc(OCC)c(OC)c1.I. The van der Waals surface area contributed by atoms with Gasteiger partial charge in [0.2, 0.25) is 0 Å². The van der Waals surface area contributed by atoms with Gasteiger partial charge >= 0.3 is 0 Å². The summed E-state index contributed by atoms with van der Waals surface area (Å²) in [4.78, 5) is 7.18. The molecule has 8 heteroatoms. The van der Waals surface area contributed by atoms with E-state index in [-0.39, 0.29) is 24.0 Å². The number of anilines is 2. The van der Waals surface area contributed by atoms with Crippen LogP contribution >= 0.6 is 24.0 Å². The van der Waals surface area contributed by atoms with Crippen molar-refractivity contribution in [2.75, 3.05) is 56.8 Å². The first-order valence-corrected chi connectivity index (χ1v) is 10.5. The molecule has 31 heavy (non-hydrogen) atoms. The maximum Gasteiger partial charge on any atom is 0.196 e. The number of para-hydroxylation sites is 1. The molecular weight excluding hydrogens is 507 g/mol. The van der Waals surface area contributed by atoms with Crippen LogP contribution in [-0.2, 0) is 11.3 Å². The highest BCUT2D eigenvalue weighted by molar-refractivity contribution is 14.0. The third kappa shape index (κ3) is 7.17. The molecule has 1 saturated heterocycles. The molecule has 1 fully saturated rings. The van der Waals surface area contributed by atoms with Crippen molar-refractivity contribution < 1.29 is 14.2 Å². The molecule has 0 aliphatic carbocycles. The predicted molar refractivity (Wildman–Crippen MR) is 137 cm³/mol. The molecule has 0 atom stereocenters. The lowest BCUT2D eigenvalue weighted by molar-refractivity contribution is 0.122. The summed E-state index contributed by atoms with van der Waals surface area (Å²) in [5.74, 6) is 2.14. The Morgan fingerprint density at radius 1 is 1.10 bits per heavy atom. The topological polar surface area (TPSA) is 67.4 Å². The Bertz CT molecular complexity index is 841. The van der Waals surface area contributed by atoms with Gasteiger partial charge in [-0.2, -0.15) is 0 Å². The summed E-state index contributed by atoms with van der Waals surface area (Å²) in [5, 5.41) is 6.67. The van der Waals surface area contributed by atoms with Crippen LogP contribution in [0.5, 0.6) is 11.5 Å². The molecule has 1 aliphatic heterocycles. The normalized spacial score (nSPS) is 13.9. The fraction of sp³-hybridized carbons (Fsp3) is 0.435. The van der Waals surface area contributed by atoms with Gasteiger partial charge in [-0.1, -0.05) is 18.2 Å². The van der Waals surface area contributed by atoms with E-state index in [9.17, 15) is 0 Å². The van der Waals surface area contributed by atoms with E-state index in [1.54, 1.807) is 7.11 Å². The first-order chi connectivity index (χ1) is 14.7. The predicted octanol–water partition coefficient (Wildman–Crippen LogP) is 4.13. The summed E-state index contributed by atoms with van der Waals surface area (Å²) in [7, 11) is 1.64. The average molecular weight is 540 g/mol. The number of nitrogens with one attached hydrogen (secondary N) is 2. The lowest BCUT2D eigenvalue weighted by Gasteiger charge is -2.30. The van der Waals surface area contributed by atoms with Gasteiger partial charge in [0.05, 0.1) is 33.5 Å². The molecule has 0 spiro atoms. The highest BCUT2D eigenvalue weighted by atomic mass is 127. The summed E-state index contributed by atoms with van der Waals surface area (Å²) in [6, 6.07) is 14.2. The van der Waals surface area contributed by atoms with E-state index in [1.165, 1.54) is 11.3 Å². The number of rotatable bonds is 8. The quantitative estimate of drug-likeness (QED) is 0.298. The van der Waals surface area contributed by atoms with Gasteiger partial charge in [-0.3, -0.25) is 0 Å². The monoisotopic (exact) mass is 540 g/mol. The molecule has 3 rings (SSSR count). The van der Waals surface area contributed by atoms with E-state index < -0.39 is 0 Å². The van der Waals surface area contributed by atoms with Crippen molar-refractivity contribution in [3.05, 3.63) is 48.0 Å². The second kappa shape index (κ2) is 13.3. The molecule has 0 amide bonds. The molecule has 170 valence electrons. The van der Waals surface area contributed by atoms with Crippen molar-refractivity contribution >= 4 is 41.3 Å². The van der Waals surface area contributed by atoms with Crippen LogP contribution in [0.2, 0.25) is 0 Å². The Labute approximate surface area is 202 Å². The summed E-state index contributed by atoms with van der Waals surface area (Å²) >= 11 is 0. The number of morpholine rings is 1. The minimum Gasteiger partial charge on any atom is -0.493 e. The van der Waals surface area contributed by atoms with Gasteiger partial charge in [0.1, 0.15) is 0 Å². The Kier molecular flexibility index (Phi) is 10.7. The molecule has 1 heterocycles. The van der Waals surface area contributed by atoms with Crippen molar-refractivity contribution in [1.29, 1.82) is 0 Å². The molecule has 0 saturated carbocycles. The van der Waals surface area contributed by atoms with Crippen LogP contribution in [0.25, 0.3) is 0 Å². The summed E-state index contributed by atoms with van der Waals surface area (Å²) in [5.41, 5.74) is 3.31. The van der Waals surface area contributed by atoms with Gasteiger partial charge in [-0.25, -0.2) is 4.99 Å². The van der Waals surface area contributed by atoms with Crippen molar-refractivity contribution in [3.8, 4) is 11.5 Å². The van der Waals surface area contributed by atoms with Gasteiger partial charge in [-0.05, 0) is 37.6 Å². The van der Waals surface area contributed by atoms with Gasteiger partial charge in [0, 0.05) is 37.1 Å². The zero-order valence-corrected chi connectivity index (χ0v) is 20.8. The smallest absolute Gasteiger partial charge is 0.196 e. The number of nitrogens with zero attached hydrogens (tertiary/aromatic N) is 2. The number of benzene rings is 2. The maximum absolute atomic E-state index is 5.60. The van der Waals surface area contributed by atoms with Crippen molar-refractivity contribution in [2.45, 2.75) is 20.4 Å². The minimum atomic E-state index is 0. The Morgan fingerprint density at radius 3 is 2.58 bits per heavy atom. The lowest BCUT2D eigenvalue weighted by atomic mass is 10.1. The van der Waals surface area contributed by atoms with Crippen LogP contribution in [0.15, 0.2) is 47.5 Å². The second-order valence-corrected chi connectivity index (χ2v) is 6.85. The van der Waals surface area contributed by atoms with Crippen molar-refractivity contribution in [3.63, 3.8) is 0 Å². The number of hydrogen-bond acceptors (Lipinski definition) is 5. The van der Waals surface area contributed by atoms with Gasteiger partial charge in [0.25, 0.3) is 0 Å². The molecule has 0 unspecified atom stereocenters. The highest BCUT2D eigenvalue weighted by Gasteiger charge is 2.14. The molecular formula is C23H33IN4O3. The molecule has 7 nitrogen and oxygen atoms in total. The van der Waals surface area contributed by atoms with Crippen LogP contribution in [0.4, 0.5) is 11.4 Å². The molecule has 0 bridgehead atoms. The summed E-state index contributed by atoms with van der Waals surface area (Å²) in [6.45, 7) is 9.30. The molecule has 1 aliphatic rings. The highest BCUT2D eigenvalue weighted by Crippen LogP contribution is 2.30. The van der Waals surface area contributed by atoms with Crippen molar-refractivity contribution in [2.24, 2.45) is 4.99 Å². The van der Waals surface area contributed by atoms with E-state index in [0.717, 1.165) is 50.2 Å². The van der Waals surface area contributed by atoms with E-state index in [4.69, 9.17) is 19.2 Å². The Balaban J connectivity index is 0.00000341. The average Bonchev–Trinajstić information content (AvgIpc) is 2.79. The third-order valence-corrected chi connectivity index (χ3v) is 4.82. The van der Waals surface area contributed by atoms with E-state index in [0.29, 0.717) is 18.9 Å². The Morgan fingerprint density at radius 2 is 1.87 bits per heavy atom. The second-order valence-electron chi connectivity index (χ2n) is 6.85. The largest absolute Gasteiger partial charge is 0.493 e. The summed E-state index contributed by atoms with van der Waals surface area (Å²) < 4.78 is 16.5. The standard InChI is InChI=1S/C23H32N4O3.HI/c1-4-24-23(26-19-10-11-21(30-5-2)22(16-19)28-3)25-17-18-8-6-7-9-20(18)27-12-14-29-15-13-27;/h6-11,16H,4-5,12-15,17H2,1-3H3,(H2,24,25,26);1H. The number of halogens is 1. The molecule has 0 aromatic heterocycles. The Hall–Kier alpha value is -2.20. The van der Waals surface area contributed by atoms with E-state index in [2.05, 4.69) is 46.7 Å². The van der Waals surface area contributed by atoms with E-state index in [1.807, 2.05) is 25.1 Å². The van der Waals surface area contributed by atoms with Gasteiger partial charge in [-0.15, -0.1) is 24.0 Å². The maximum atomic E-state index is 5.60. The molecule has 0 radical (unpaired) electrons. The van der Waals surface area contributed by atoms with Crippen LogP contribution in [0, 0.1) is 0 Å². The fourth-order valence-corrected chi connectivity index (χ4v) is 3.39. The number of methoxy groups -OCH3 is 1. The van der Waals surface area contributed by atoms with Crippen molar-refractivity contribution in [1.82, 2.24) is 5.32 Å². The first-order valence-electron chi connectivity index (χ1n) is 10.5. The third-order valence-electron chi connectivity index (χ3n) is 4.82. The van der Waals surface area contributed by atoms with Crippen LogP contribution < -0.4 is 25.0 Å². The zero-order valence-electron chi connectivity index (χ0n) is 18.5. The number of guanidine groups is 1. The van der Waals surface area contributed by atoms with Crippen LogP contribution in [-0.4, -0.2) is 52.5 Å². The van der Waals surface area contributed by atoms with Gasteiger partial charge < -0.3 is 29.7 Å². The fourth-order valence-electron chi connectivity index (χ4n) is 3.39. The molecule has 2 N–H and O–H groups in total. The summed E-state index contributed by atoms with van der Waals surface area (Å²) in [6.07, 6.45) is 0. The van der Waals surface area contributed by atoms with Crippen LogP contribution in [0.3, 0.4) is 0 Å². The zero-order chi connectivity index (χ0) is 21.2. The number of aliphatic imine (C=N–C) groups is 1. The number of ether oxygens (including phenoxy) is 3. The lowest BCUT2D eigenvalue weighted by Crippen LogP contribution is -2.36. The van der Waals surface area contributed by atoms with E-state index >= 15 is 0 Å². The first kappa shape index (κ1) is 25.1. The molecule has 2 aromatic rings.